The summed E-state index contributed by atoms with van der Waals surface area (Å²) in [6.07, 6.45) is -1.74. The number of amides is 2. The molecule has 2 N–H and O–H groups in total. The van der Waals surface area contributed by atoms with Gasteiger partial charge in [-0.2, -0.15) is 0 Å². The second kappa shape index (κ2) is 17.1. The van der Waals surface area contributed by atoms with Crippen LogP contribution in [0.3, 0.4) is 0 Å². The molecule has 2 amide bonds. The molecule has 2 atom stereocenters. The maximum Gasteiger partial charge on any atom is 0.408 e. The Hall–Kier alpha value is -3.38. The maximum absolute atomic E-state index is 12.2. The molecule has 12 heteroatoms. The van der Waals surface area contributed by atoms with Crippen LogP contribution in [-0.4, -0.2) is 67.0 Å². The first-order valence-electron chi connectivity index (χ1n) is 12.0. The van der Waals surface area contributed by atoms with Gasteiger partial charge in [0, 0.05) is 19.3 Å². The molecule has 2 aromatic carbocycles. The van der Waals surface area contributed by atoms with Crippen LogP contribution >= 0.6 is 23.5 Å². The number of alkyl carbamates (subject to hydrolysis) is 2. The summed E-state index contributed by atoms with van der Waals surface area (Å²) in [5.74, 6) is -1.95. The monoisotopic (exact) mass is 552 g/mol. The van der Waals surface area contributed by atoms with Gasteiger partial charge in [0.2, 0.25) is 0 Å². The number of rotatable bonds is 14. The highest BCUT2D eigenvalue weighted by atomic mass is 32.2. The fourth-order valence-corrected chi connectivity index (χ4v) is 4.36. The van der Waals surface area contributed by atoms with Crippen LogP contribution in [0, 0.1) is 0 Å². The van der Waals surface area contributed by atoms with Crippen molar-refractivity contribution in [2.24, 2.45) is 0 Å². The fraction of sp³-hybridized carbons (Fsp3) is 0.360. The average molecular weight is 553 g/mol. The molecule has 0 saturated carbocycles. The smallest absolute Gasteiger partial charge is 0.408 e. The van der Waals surface area contributed by atoms with Crippen molar-refractivity contribution in [3.63, 3.8) is 0 Å². The van der Waals surface area contributed by atoms with Crippen molar-refractivity contribution in [2.75, 3.05) is 30.8 Å². The highest BCUT2D eigenvalue weighted by molar-refractivity contribution is 8.16. The van der Waals surface area contributed by atoms with Gasteiger partial charge in [-0.3, -0.25) is 0 Å². The van der Waals surface area contributed by atoms with E-state index in [4.69, 9.17) is 21.7 Å². The normalized spacial score (nSPS) is 13.1. The molecule has 0 bridgehead atoms. The van der Waals surface area contributed by atoms with Crippen molar-refractivity contribution in [1.29, 1.82) is 0 Å². The van der Waals surface area contributed by atoms with Crippen molar-refractivity contribution < 1.29 is 40.9 Å². The first-order chi connectivity index (χ1) is 18.6. The van der Waals surface area contributed by atoms with E-state index in [0.717, 1.165) is 25.3 Å². The van der Waals surface area contributed by atoms with Crippen molar-refractivity contribution >= 4 is 47.6 Å². The minimum Gasteiger partial charge on any atom is -0.467 e. The van der Waals surface area contributed by atoms with Crippen molar-refractivity contribution in [3.8, 4) is 0 Å². The number of hydrogen-bond acceptors (Lipinski definition) is 10. The Morgan fingerprint density at radius 1 is 0.730 bits per heavy atom. The van der Waals surface area contributed by atoms with E-state index in [-0.39, 0.29) is 24.7 Å². The lowest BCUT2D eigenvalue weighted by Gasteiger charge is -2.17. The second-order valence-corrected chi connectivity index (χ2v) is 9.18. The van der Waals surface area contributed by atoms with Crippen LogP contribution in [0.1, 0.15) is 13.9 Å². The SMILES string of the molecule is [2H]C([2H])(SC[C@H](NC(=O)OCc1ccccc1)C(=O)OC)SC[C@H](NC(=O)OCc1ccccc1)C(=O)OC. The van der Waals surface area contributed by atoms with Gasteiger partial charge in [0.1, 0.15) is 25.3 Å². The summed E-state index contributed by atoms with van der Waals surface area (Å²) >= 11 is 1.41. The van der Waals surface area contributed by atoms with E-state index < -0.39 is 41.2 Å². The van der Waals surface area contributed by atoms with Crippen LogP contribution in [0.15, 0.2) is 60.7 Å². The van der Waals surface area contributed by atoms with Gasteiger partial charge in [-0.25, -0.2) is 19.2 Å². The molecule has 0 fully saturated rings. The Bertz CT molecular complexity index is 997. The number of hydrogen-bond donors (Lipinski definition) is 2. The lowest BCUT2D eigenvalue weighted by molar-refractivity contribution is -0.143. The summed E-state index contributed by atoms with van der Waals surface area (Å²) in [5.41, 5.74) is 1.50. The van der Waals surface area contributed by atoms with Crippen molar-refractivity contribution in [2.45, 2.75) is 25.3 Å². The standard InChI is InChI=1S/C25H30N2O8S2/c1-32-22(28)20(26-24(30)34-13-18-9-5-3-6-10-18)15-36-17-37-16-21(23(29)33-2)27-25(31)35-14-19-11-7-4-8-12-19/h3-12,20-21H,13-17H2,1-2H3,(H,26,30)(H,27,31)/t20-,21-/m0/s1/i17D2. The van der Waals surface area contributed by atoms with E-state index >= 15 is 0 Å². The fourth-order valence-electron chi connectivity index (χ4n) is 2.71. The van der Waals surface area contributed by atoms with Crippen LogP contribution in [0.25, 0.3) is 0 Å². The number of esters is 2. The van der Waals surface area contributed by atoms with Crippen molar-refractivity contribution in [1.82, 2.24) is 10.6 Å². The number of benzene rings is 2. The zero-order valence-corrected chi connectivity index (χ0v) is 22.0. The molecule has 0 saturated heterocycles. The molecular formula is C25H30N2O8S2. The van der Waals surface area contributed by atoms with Gasteiger partial charge in [-0.15, -0.1) is 23.5 Å². The number of nitrogens with one attached hydrogen (secondary N) is 2. The Kier molecular flexibility index (Phi) is 12.4. The molecule has 37 heavy (non-hydrogen) atoms. The third-order valence-corrected chi connectivity index (χ3v) is 6.54. The zero-order chi connectivity index (χ0) is 28.7. The third kappa shape index (κ3) is 11.9. The van der Waals surface area contributed by atoms with Gasteiger partial charge in [0.15, 0.2) is 0 Å². The Morgan fingerprint density at radius 2 is 1.11 bits per heavy atom. The molecule has 0 aliphatic rings. The molecule has 10 nitrogen and oxygen atoms in total. The molecule has 2 aromatic rings. The lowest BCUT2D eigenvalue weighted by Crippen LogP contribution is -2.44. The molecule has 2 rings (SSSR count). The molecule has 0 heterocycles. The van der Waals surface area contributed by atoms with E-state index in [0.29, 0.717) is 23.5 Å². The predicted molar refractivity (Wildman–Crippen MR) is 141 cm³/mol. The molecule has 0 aliphatic carbocycles. The first kappa shape index (κ1) is 26.7. The lowest BCUT2D eigenvalue weighted by atomic mass is 10.2. The van der Waals surface area contributed by atoms with E-state index in [2.05, 4.69) is 10.6 Å². The highest BCUT2D eigenvalue weighted by Gasteiger charge is 2.24. The highest BCUT2D eigenvalue weighted by Crippen LogP contribution is 2.16. The number of carbonyl (C=O) groups excluding carboxylic acids is 4. The topological polar surface area (TPSA) is 129 Å². The summed E-state index contributed by atoms with van der Waals surface area (Å²) < 4.78 is 36.2. The molecule has 0 aliphatic heterocycles. The second-order valence-electron chi connectivity index (χ2n) is 7.27. The van der Waals surface area contributed by atoms with Gasteiger partial charge < -0.3 is 29.6 Å². The summed E-state index contributed by atoms with van der Waals surface area (Å²) in [6, 6.07) is 15.5. The van der Waals surface area contributed by atoms with Crippen LogP contribution < -0.4 is 10.6 Å². The van der Waals surface area contributed by atoms with Crippen LogP contribution in [0.4, 0.5) is 9.59 Å². The summed E-state index contributed by atoms with van der Waals surface area (Å²) in [4.78, 5) is 48.7. The van der Waals surface area contributed by atoms with E-state index in [1.54, 1.807) is 48.5 Å². The van der Waals surface area contributed by atoms with Gasteiger partial charge in [-0.05, 0) is 11.1 Å². The molecular weight excluding hydrogens is 520 g/mol. The van der Waals surface area contributed by atoms with Crippen LogP contribution in [0.2, 0.25) is 0 Å². The average Bonchev–Trinajstić information content (AvgIpc) is 2.95. The molecule has 0 spiro atoms. The van der Waals surface area contributed by atoms with Gasteiger partial charge in [0.05, 0.1) is 14.2 Å². The van der Waals surface area contributed by atoms with Gasteiger partial charge >= 0.3 is 24.1 Å². The summed E-state index contributed by atoms with van der Waals surface area (Å²) in [5, 5.41) is 2.73. The third-order valence-electron chi connectivity index (χ3n) is 4.60. The largest absolute Gasteiger partial charge is 0.467 e. The van der Waals surface area contributed by atoms with Crippen molar-refractivity contribution in [3.05, 3.63) is 71.8 Å². The van der Waals surface area contributed by atoms with Crippen LogP contribution in [0.5, 0.6) is 0 Å². The minimum absolute atomic E-state index is 0.0138. The molecule has 0 radical (unpaired) electrons. The number of carbonyl (C=O) groups is 4. The van der Waals surface area contributed by atoms with E-state index in [9.17, 15) is 19.2 Å². The Balaban J connectivity index is 1.87. The number of thioether (sulfide) groups is 2. The molecule has 0 aromatic heterocycles. The van der Waals surface area contributed by atoms with Crippen LogP contribution in [-0.2, 0) is 41.8 Å². The zero-order valence-electron chi connectivity index (χ0n) is 22.3. The quantitative estimate of drug-likeness (QED) is 0.204. The first-order valence-corrected chi connectivity index (χ1v) is 13.0. The van der Waals surface area contributed by atoms with E-state index in [1.165, 1.54) is 0 Å². The molecule has 200 valence electrons. The van der Waals surface area contributed by atoms with Gasteiger partial charge in [-0.1, -0.05) is 60.7 Å². The number of methoxy groups -OCH3 is 2. The minimum atomic E-state index is -2.02. The maximum atomic E-state index is 12.2. The predicted octanol–water partition coefficient (Wildman–Crippen LogP) is 3.35. The Labute approximate surface area is 226 Å². The van der Waals surface area contributed by atoms with Gasteiger partial charge in [0.25, 0.3) is 0 Å². The Morgan fingerprint density at radius 3 is 1.46 bits per heavy atom. The summed E-state index contributed by atoms with van der Waals surface area (Å²) in [7, 11) is 2.29. The number of ether oxygens (including phenoxy) is 4. The summed E-state index contributed by atoms with van der Waals surface area (Å²) in [6.45, 7) is -0.0276. The molecule has 0 unspecified atom stereocenters. The van der Waals surface area contributed by atoms with E-state index in [1.807, 2.05) is 12.1 Å².